The number of aliphatic imine (C=N–C) groups is 1. The van der Waals surface area contributed by atoms with Crippen molar-refractivity contribution in [1.82, 2.24) is 15.1 Å². The summed E-state index contributed by atoms with van der Waals surface area (Å²) in [5.41, 5.74) is 9.34. The molecular formula is C22H27N5O2. The fourth-order valence-corrected chi connectivity index (χ4v) is 2.95. The van der Waals surface area contributed by atoms with E-state index in [1.54, 1.807) is 14.2 Å². The van der Waals surface area contributed by atoms with Gasteiger partial charge in [0.1, 0.15) is 0 Å². The van der Waals surface area contributed by atoms with E-state index in [0.29, 0.717) is 19.0 Å². The lowest BCUT2D eigenvalue weighted by Gasteiger charge is -2.10. The molecule has 3 rings (SSSR count). The van der Waals surface area contributed by atoms with E-state index < -0.39 is 0 Å². The zero-order valence-electron chi connectivity index (χ0n) is 16.8. The van der Waals surface area contributed by atoms with Gasteiger partial charge in [-0.2, -0.15) is 5.10 Å². The zero-order chi connectivity index (χ0) is 20.5. The Bertz CT molecular complexity index is 937. The summed E-state index contributed by atoms with van der Waals surface area (Å²) in [6.45, 7) is 1.91. The van der Waals surface area contributed by atoms with E-state index in [9.17, 15) is 0 Å². The topological polar surface area (TPSA) is 86.7 Å². The first-order valence-electron chi connectivity index (χ1n) is 9.48. The van der Waals surface area contributed by atoms with E-state index in [0.717, 1.165) is 35.6 Å². The first-order chi connectivity index (χ1) is 14.2. The maximum absolute atomic E-state index is 5.98. The smallest absolute Gasteiger partial charge is 0.188 e. The predicted molar refractivity (Wildman–Crippen MR) is 114 cm³/mol. The van der Waals surface area contributed by atoms with E-state index in [1.807, 2.05) is 53.5 Å². The van der Waals surface area contributed by atoms with Crippen LogP contribution >= 0.6 is 0 Å². The van der Waals surface area contributed by atoms with Crippen molar-refractivity contribution in [3.05, 3.63) is 77.6 Å². The van der Waals surface area contributed by atoms with Gasteiger partial charge in [-0.15, -0.1) is 0 Å². The second-order valence-corrected chi connectivity index (χ2v) is 6.60. The SMILES string of the molecule is COc1ccc(CCNC(N)=NCc2cnn(Cc3ccccc3)c2)cc1OC. The van der Waals surface area contributed by atoms with Crippen molar-refractivity contribution in [2.24, 2.45) is 10.7 Å². The third-order valence-electron chi connectivity index (χ3n) is 4.47. The fraction of sp³-hybridized carbons (Fsp3) is 0.273. The van der Waals surface area contributed by atoms with Crippen LogP contribution in [0, 0.1) is 0 Å². The van der Waals surface area contributed by atoms with Crippen molar-refractivity contribution in [3.63, 3.8) is 0 Å². The van der Waals surface area contributed by atoms with Crippen LogP contribution in [0.4, 0.5) is 0 Å². The van der Waals surface area contributed by atoms with Crippen LogP contribution in [0.3, 0.4) is 0 Å². The van der Waals surface area contributed by atoms with Gasteiger partial charge in [0.25, 0.3) is 0 Å². The maximum Gasteiger partial charge on any atom is 0.188 e. The van der Waals surface area contributed by atoms with E-state index in [2.05, 4.69) is 27.5 Å². The van der Waals surface area contributed by atoms with E-state index in [4.69, 9.17) is 15.2 Å². The zero-order valence-corrected chi connectivity index (χ0v) is 16.8. The number of guanidine groups is 1. The minimum Gasteiger partial charge on any atom is -0.493 e. The molecule has 0 fully saturated rings. The number of benzene rings is 2. The van der Waals surface area contributed by atoms with Crippen molar-refractivity contribution in [2.45, 2.75) is 19.5 Å². The molecule has 0 aliphatic heterocycles. The molecule has 0 unspecified atom stereocenters. The summed E-state index contributed by atoms with van der Waals surface area (Å²) in [5.74, 6) is 1.86. The molecule has 152 valence electrons. The van der Waals surface area contributed by atoms with E-state index >= 15 is 0 Å². The molecule has 0 bridgehead atoms. The molecule has 0 radical (unpaired) electrons. The molecule has 0 saturated carbocycles. The van der Waals surface area contributed by atoms with Crippen LogP contribution < -0.4 is 20.5 Å². The monoisotopic (exact) mass is 393 g/mol. The standard InChI is InChI=1S/C22H27N5O2/c1-28-20-9-8-17(12-21(20)29-2)10-11-24-22(23)25-13-19-14-26-27(16-19)15-18-6-4-3-5-7-18/h3-9,12,14,16H,10-11,13,15H2,1-2H3,(H3,23,24,25). The van der Waals surface area contributed by atoms with Crippen molar-refractivity contribution < 1.29 is 9.47 Å². The number of nitrogens with one attached hydrogen (secondary N) is 1. The van der Waals surface area contributed by atoms with Crippen LogP contribution in [0.2, 0.25) is 0 Å². The van der Waals surface area contributed by atoms with Gasteiger partial charge in [0, 0.05) is 18.3 Å². The van der Waals surface area contributed by atoms with Gasteiger partial charge < -0.3 is 20.5 Å². The van der Waals surface area contributed by atoms with Crippen LogP contribution in [0.5, 0.6) is 11.5 Å². The van der Waals surface area contributed by atoms with E-state index in [1.165, 1.54) is 5.56 Å². The summed E-state index contributed by atoms with van der Waals surface area (Å²) in [6, 6.07) is 16.1. The van der Waals surface area contributed by atoms with Gasteiger partial charge in [-0.1, -0.05) is 36.4 Å². The Morgan fingerprint density at radius 3 is 2.59 bits per heavy atom. The van der Waals surface area contributed by atoms with Gasteiger partial charge in [0.2, 0.25) is 0 Å². The van der Waals surface area contributed by atoms with Crippen molar-refractivity contribution >= 4 is 5.96 Å². The lowest BCUT2D eigenvalue weighted by atomic mass is 10.1. The fourth-order valence-electron chi connectivity index (χ4n) is 2.95. The van der Waals surface area contributed by atoms with Gasteiger partial charge in [0.15, 0.2) is 17.5 Å². The molecule has 3 aromatic rings. The highest BCUT2D eigenvalue weighted by Gasteiger charge is 2.05. The lowest BCUT2D eigenvalue weighted by Crippen LogP contribution is -2.33. The van der Waals surface area contributed by atoms with Crippen molar-refractivity contribution in [3.8, 4) is 11.5 Å². The van der Waals surface area contributed by atoms with Crippen LogP contribution in [0.15, 0.2) is 65.9 Å². The van der Waals surface area contributed by atoms with Crippen LogP contribution in [0.1, 0.15) is 16.7 Å². The first-order valence-corrected chi connectivity index (χ1v) is 9.48. The summed E-state index contributed by atoms with van der Waals surface area (Å²) >= 11 is 0. The molecular weight excluding hydrogens is 366 g/mol. The quantitative estimate of drug-likeness (QED) is 0.431. The van der Waals surface area contributed by atoms with Crippen LogP contribution in [-0.2, 0) is 19.5 Å². The van der Waals surface area contributed by atoms with Gasteiger partial charge in [-0.3, -0.25) is 4.68 Å². The Balaban J connectivity index is 1.46. The maximum atomic E-state index is 5.98. The number of hydrogen-bond acceptors (Lipinski definition) is 4. The molecule has 1 heterocycles. The Kier molecular flexibility index (Phi) is 7.10. The summed E-state index contributed by atoms with van der Waals surface area (Å²) in [4.78, 5) is 4.39. The molecule has 0 aliphatic rings. The molecule has 0 spiro atoms. The summed E-state index contributed by atoms with van der Waals surface area (Å²) in [6.07, 6.45) is 4.61. The number of nitrogens with two attached hydrogens (primary N) is 1. The molecule has 1 aromatic heterocycles. The Labute approximate surface area is 171 Å². The summed E-state index contributed by atoms with van der Waals surface area (Å²) < 4.78 is 12.5. The minimum absolute atomic E-state index is 0.418. The average Bonchev–Trinajstić information content (AvgIpc) is 3.20. The molecule has 29 heavy (non-hydrogen) atoms. The Hall–Kier alpha value is -3.48. The van der Waals surface area contributed by atoms with Gasteiger partial charge in [0.05, 0.1) is 33.5 Å². The number of nitrogens with zero attached hydrogens (tertiary/aromatic N) is 3. The second-order valence-electron chi connectivity index (χ2n) is 6.60. The lowest BCUT2D eigenvalue weighted by molar-refractivity contribution is 0.354. The molecule has 7 heteroatoms. The van der Waals surface area contributed by atoms with Crippen LogP contribution in [0.25, 0.3) is 0 Å². The third kappa shape index (κ3) is 6.00. The number of methoxy groups -OCH3 is 2. The molecule has 7 nitrogen and oxygen atoms in total. The normalized spacial score (nSPS) is 11.3. The Morgan fingerprint density at radius 2 is 1.83 bits per heavy atom. The third-order valence-corrected chi connectivity index (χ3v) is 4.47. The van der Waals surface area contributed by atoms with Gasteiger partial charge in [-0.25, -0.2) is 4.99 Å². The number of aromatic nitrogens is 2. The highest BCUT2D eigenvalue weighted by atomic mass is 16.5. The minimum atomic E-state index is 0.418. The highest BCUT2D eigenvalue weighted by molar-refractivity contribution is 5.77. The Morgan fingerprint density at radius 1 is 1.03 bits per heavy atom. The van der Waals surface area contributed by atoms with E-state index in [-0.39, 0.29) is 0 Å². The number of ether oxygens (including phenoxy) is 2. The van der Waals surface area contributed by atoms with Gasteiger partial charge in [-0.05, 0) is 29.7 Å². The summed E-state index contributed by atoms with van der Waals surface area (Å²) in [7, 11) is 3.26. The summed E-state index contributed by atoms with van der Waals surface area (Å²) in [5, 5.41) is 7.53. The molecule has 0 atom stereocenters. The molecule has 3 N–H and O–H groups in total. The first kappa shape index (κ1) is 20.3. The largest absolute Gasteiger partial charge is 0.493 e. The average molecular weight is 393 g/mol. The van der Waals surface area contributed by atoms with Crippen molar-refractivity contribution in [2.75, 3.05) is 20.8 Å². The predicted octanol–water partition coefficient (Wildman–Crippen LogP) is 2.60. The van der Waals surface area contributed by atoms with Crippen LogP contribution in [-0.4, -0.2) is 36.5 Å². The van der Waals surface area contributed by atoms with Gasteiger partial charge >= 0.3 is 0 Å². The second kappa shape index (κ2) is 10.2. The molecule has 0 aliphatic carbocycles. The highest BCUT2D eigenvalue weighted by Crippen LogP contribution is 2.27. The molecule has 0 amide bonds. The number of rotatable bonds is 9. The molecule has 2 aromatic carbocycles. The molecule has 0 saturated heterocycles. The van der Waals surface area contributed by atoms with Crippen molar-refractivity contribution in [1.29, 1.82) is 0 Å². The number of hydrogen-bond donors (Lipinski definition) is 2.